The number of anilines is 1. The zero-order valence-corrected chi connectivity index (χ0v) is 21.5. The Morgan fingerprint density at radius 2 is 1.92 bits per heavy atom. The van der Waals surface area contributed by atoms with Crippen molar-refractivity contribution in [1.29, 1.82) is 0 Å². The minimum Gasteiger partial charge on any atom is -0.491 e. The first kappa shape index (κ1) is 25.6. The average Bonchev–Trinajstić information content (AvgIpc) is 3.08. The predicted octanol–water partition coefficient (Wildman–Crippen LogP) is 4.71. The molecule has 1 aliphatic heterocycles. The molecule has 190 valence electrons. The fraction of sp³-hybridized carbons (Fsp3) is 0.333. The first-order valence-electron chi connectivity index (χ1n) is 12.0. The number of benzene rings is 2. The van der Waals surface area contributed by atoms with Gasteiger partial charge >= 0.3 is 0 Å². The van der Waals surface area contributed by atoms with Gasteiger partial charge in [0.2, 0.25) is 0 Å². The van der Waals surface area contributed by atoms with E-state index in [0.29, 0.717) is 18.9 Å². The van der Waals surface area contributed by atoms with E-state index in [0.717, 1.165) is 41.7 Å². The minimum absolute atomic E-state index is 0.102. The van der Waals surface area contributed by atoms with Gasteiger partial charge in [0.25, 0.3) is 5.91 Å². The molecule has 36 heavy (non-hydrogen) atoms. The van der Waals surface area contributed by atoms with E-state index < -0.39 is 20.5 Å². The van der Waals surface area contributed by atoms with Crippen LogP contribution in [-0.4, -0.2) is 50.2 Å². The number of aromatic nitrogens is 1. The Morgan fingerprint density at radius 3 is 2.58 bits per heavy atom. The summed E-state index contributed by atoms with van der Waals surface area (Å²) in [5.74, 6) is 0.290. The standard InChI is InChI=1S/C27H30FN3O4S/c1-4-12-29-25-11-7-19(16-30-25)18-6-9-23-20(15-18)17-31(13-14-35-23)27(32)22-8-10-24(36(3,33)34)26(28)21(22)5-2/h6-11,15-16H,4-5,12-14,17H2,1-3H3,(H,29,30). The number of sulfone groups is 1. The average molecular weight is 512 g/mol. The maximum Gasteiger partial charge on any atom is 0.254 e. The highest BCUT2D eigenvalue weighted by molar-refractivity contribution is 7.90. The normalized spacial score (nSPS) is 13.5. The number of carbonyl (C=O) groups is 1. The van der Waals surface area contributed by atoms with Gasteiger partial charge < -0.3 is 15.0 Å². The first-order chi connectivity index (χ1) is 17.2. The van der Waals surface area contributed by atoms with Gasteiger partial charge in [0, 0.05) is 47.8 Å². The molecule has 0 aliphatic carbocycles. The summed E-state index contributed by atoms with van der Waals surface area (Å²) >= 11 is 0. The number of ether oxygens (including phenoxy) is 1. The Kier molecular flexibility index (Phi) is 7.59. The molecular formula is C27H30FN3O4S. The van der Waals surface area contributed by atoms with Gasteiger partial charge in [-0.25, -0.2) is 17.8 Å². The minimum atomic E-state index is -3.75. The number of hydrogen-bond donors (Lipinski definition) is 1. The maximum atomic E-state index is 15.0. The summed E-state index contributed by atoms with van der Waals surface area (Å²) in [6.45, 7) is 5.55. The number of rotatable bonds is 7. The van der Waals surface area contributed by atoms with Crippen LogP contribution in [0.3, 0.4) is 0 Å². The highest BCUT2D eigenvalue weighted by atomic mass is 32.2. The van der Waals surface area contributed by atoms with Gasteiger partial charge in [0.1, 0.15) is 28.9 Å². The zero-order valence-electron chi connectivity index (χ0n) is 20.7. The van der Waals surface area contributed by atoms with E-state index in [1.807, 2.05) is 30.3 Å². The van der Waals surface area contributed by atoms with Crippen LogP contribution >= 0.6 is 0 Å². The van der Waals surface area contributed by atoms with Gasteiger partial charge in [0.05, 0.1) is 6.54 Å². The fourth-order valence-electron chi connectivity index (χ4n) is 4.27. The summed E-state index contributed by atoms with van der Waals surface area (Å²) in [5.41, 5.74) is 2.98. The molecule has 0 radical (unpaired) electrons. The highest BCUT2D eigenvalue weighted by Gasteiger charge is 2.27. The first-order valence-corrected chi connectivity index (χ1v) is 13.9. The molecule has 0 unspecified atom stereocenters. The Morgan fingerprint density at radius 1 is 1.14 bits per heavy atom. The molecule has 2 heterocycles. The molecule has 0 saturated heterocycles. The van der Waals surface area contributed by atoms with E-state index in [1.165, 1.54) is 12.1 Å². The number of nitrogens with one attached hydrogen (secondary N) is 1. The summed E-state index contributed by atoms with van der Waals surface area (Å²) in [6.07, 6.45) is 3.97. The molecule has 0 bridgehead atoms. The van der Waals surface area contributed by atoms with Crippen molar-refractivity contribution >= 4 is 21.6 Å². The molecule has 9 heteroatoms. The SMILES string of the molecule is CCCNc1ccc(-c2ccc3c(c2)CN(C(=O)c2ccc(S(C)(=O)=O)c(F)c2CC)CCO3)cn1. The van der Waals surface area contributed by atoms with Crippen molar-refractivity contribution in [2.45, 2.75) is 38.1 Å². The molecule has 1 N–H and O–H groups in total. The Balaban J connectivity index is 1.62. The van der Waals surface area contributed by atoms with Crippen LogP contribution in [0.25, 0.3) is 11.1 Å². The van der Waals surface area contributed by atoms with E-state index in [4.69, 9.17) is 4.74 Å². The summed E-state index contributed by atoms with van der Waals surface area (Å²) in [4.78, 5) is 19.2. The fourth-order valence-corrected chi connectivity index (χ4v) is 5.04. The Labute approximate surface area is 211 Å². The summed E-state index contributed by atoms with van der Waals surface area (Å²) < 4.78 is 44.8. The van der Waals surface area contributed by atoms with Gasteiger partial charge in [-0.1, -0.05) is 19.9 Å². The largest absolute Gasteiger partial charge is 0.491 e. The molecule has 1 amide bonds. The third-order valence-corrected chi connectivity index (χ3v) is 7.29. The molecule has 0 saturated carbocycles. The molecule has 0 atom stereocenters. The van der Waals surface area contributed by atoms with Crippen molar-refractivity contribution in [2.75, 3.05) is 31.3 Å². The third kappa shape index (κ3) is 5.36. The monoisotopic (exact) mass is 511 g/mol. The van der Waals surface area contributed by atoms with Gasteiger partial charge in [0.15, 0.2) is 9.84 Å². The van der Waals surface area contributed by atoms with Crippen molar-refractivity contribution in [1.82, 2.24) is 9.88 Å². The Bertz CT molecular complexity index is 1370. The third-order valence-electron chi connectivity index (χ3n) is 6.17. The van der Waals surface area contributed by atoms with Crippen molar-refractivity contribution in [3.8, 4) is 16.9 Å². The summed E-state index contributed by atoms with van der Waals surface area (Å²) in [6, 6.07) is 12.3. The van der Waals surface area contributed by atoms with E-state index in [9.17, 15) is 13.2 Å². The number of carbonyl (C=O) groups excluding carboxylic acids is 1. The van der Waals surface area contributed by atoms with Crippen LogP contribution in [-0.2, 0) is 22.8 Å². The van der Waals surface area contributed by atoms with E-state index >= 15 is 4.39 Å². The van der Waals surface area contributed by atoms with Crippen LogP contribution in [0.2, 0.25) is 0 Å². The highest BCUT2D eigenvalue weighted by Crippen LogP contribution is 2.31. The van der Waals surface area contributed by atoms with E-state index in [1.54, 1.807) is 18.0 Å². The van der Waals surface area contributed by atoms with E-state index in [2.05, 4.69) is 17.2 Å². The van der Waals surface area contributed by atoms with Crippen molar-refractivity contribution in [2.24, 2.45) is 0 Å². The van der Waals surface area contributed by atoms with Crippen molar-refractivity contribution in [3.63, 3.8) is 0 Å². The summed E-state index contributed by atoms with van der Waals surface area (Å²) in [7, 11) is -3.75. The number of nitrogens with zero attached hydrogens (tertiary/aromatic N) is 2. The van der Waals surface area contributed by atoms with Crippen molar-refractivity contribution < 1.29 is 22.3 Å². The van der Waals surface area contributed by atoms with Crippen LogP contribution in [0, 0.1) is 5.82 Å². The quantitative estimate of drug-likeness (QED) is 0.494. The molecular weight excluding hydrogens is 481 g/mol. The lowest BCUT2D eigenvalue weighted by molar-refractivity contribution is 0.0731. The lowest BCUT2D eigenvalue weighted by atomic mass is 10.0. The van der Waals surface area contributed by atoms with Crippen LogP contribution in [0.5, 0.6) is 5.75 Å². The van der Waals surface area contributed by atoms with Gasteiger partial charge in [-0.2, -0.15) is 0 Å². The van der Waals surface area contributed by atoms with Gasteiger partial charge in [-0.3, -0.25) is 4.79 Å². The molecule has 1 aliphatic rings. The van der Waals surface area contributed by atoms with Crippen LogP contribution in [0.4, 0.5) is 10.2 Å². The number of hydrogen-bond acceptors (Lipinski definition) is 6. The number of halogens is 1. The molecule has 4 rings (SSSR count). The second-order valence-electron chi connectivity index (χ2n) is 8.79. The molecule has 1 aromatic heterocycles. The van der Waals surface area contributed by atoms with Crippen LogP contribution < -0.4 is 10.1 Å². The van der Waals surface area contributed by atoms with Crippen LogP contribution in [0.1, 0.15) is 41.8 Å². The van der Waals surface area contributed by atoms with Crippen molar-refractivity contribution in [3.05, 3.63) is 71.2 Å². The molecule has 3 aromatic rings. The maximum absolute atomic E-state index is 15.0. The molecule has 7 nitrogen and oxygen atoms in total. The Hall–Kier alpha value is -3.46. The molecule has 2 aromatic carbocycles. The molecule has 0 spiro atoms. The van der Waals surface area contributed by atoms with Crippen LogP contribution in [0.15, 0.2) is 53.6 Å². The smallest absolute Gasteiger partial charge is 0.254 e. The second kappa shape index (κ2) is 10.7. The molecule has 0 fully saturated rings. The number of amides is 1. The second-order valence-corrected chi connectivity index (χ2v) is 10.8. The lowest BCUT2D eigenvalue weighted by Gasteiger charge is -2.22. The topological polar surface area (TPSA) is 88.6 Å². The zero-order chi connectivity index (χ0) is 25.9. The number of pyridine rings is 1. The number of fused-ring (bicyclic) bond motifs is 1. The van der Waals surface area contributed by atoms with Gasteiger partial charge in [-0.15, -0.1) is 0 Å². The predicted molar refractivity (Wildman–Crippen MR) is 138 cm³/mol. The van der Waals surface area contributed by atoms with Gasteiger partial charge in [-0.05, 0) is 54.8 Å². The van der Waals surface area contributed by atoms with E-state index in [-0.39, 0.29) is 30.0 Å². The summed E-state index contributed by atoms with van der Waals surface area (Å²) in [5, 5.41) is 3.25. The lowest BCUT2D eigenvalue weighted by Crippen LogP contribution is -2.33.